The maximum absolute atomic E-state index is 12.1. The number of aromatic nitrogens is 1. The summed E-state index contributed by atoms with van der Waals surface area (Å²) in [4.78, 5) is 17.3. The van der Waals surface area contributed by atoms with Gasteiger partial charge in [-0.25, -0.2) is 4.98 Å². The van der Waals surface area contributed by atoms with Crippen molar-refractivity contribution in [3.63, 3.8) is 0 Å². The van der Waals surface area contributed by atoms with Gasteiger partial charge in [-0.3, -0.25) is 10.1 Å². The van der Waals surface area contributed by atoms with Gasteiger partial charge in [0.05, 0.1) is 10.6 Å². The second kappa shape index (κ2) is 8.00. The van der Waals surface area contributed by atoms with E-state index in [-0.39, 0.29) is 11.7 Å². The second-order valence-electron chi connectivity index (χ2n) is 4.79. The number of rotatable bonds is 6. The number of amides is 1. The molecule has 1 aromatic carbocycles. The van der Waals surface area contributed by atoms with Gasteiger partial charge in [0.15, 0.2) is 5.13 Å². The highest BCUT2D eigenvalue weighted by molar-refractivity contribution is 7.16. The summed E-state index contributed by atoms with van der Waals surface area (Å²) in [6, 6.07) is 9.90. The summed E-state index contributed by atoms with van der Waals surface area (Å²) >= 11 is 2.93. The van der Waals surface area contributed by atoms with Crippen LogP contribution in [0.4, 0.5) is 13.9 Å². The van der Waals surface area contributed by atoms with Crippen molar-refractivity contribution in [2.24, 2.45) is 0 Å². The van der Waals surface area contributed by atoms with E-state index in [9.17, 15) is 13.6 Å². The molecule has 0 saturated carbocycles. The van der Waals surface area contributed by atoms with E-state index in [1.165, 1.54) is 29.5 Å². The fourth-order valence-corrected chi connectivity index (χ4v) is 3.42. The molecule has 1 N–H and O–H groups in total. The average Bonchev–Trinajstić information content (AvgIpc) is 3.25. The lowest BCUT2D eigenvalue weighted by atomic mass is 10.2. The monoisotopic (exact) mass is 378 g/mol. The second-order valence-corrected chi connectivity index (χ2v) is 6.59. The van der Waals surface area contributed by atoms with Gasteiger partial charge in [-0.05, 0) is 35.2 Å². The first-order chi connectivity index (χ1) is 12.1. The Labute approximate surface area is 150 Å². The predicted molar refractivity (Wildman–Crippen MR) is 96.2 cm³/mol. The van der Waals surface area contributed by atoms with Crippen molar-refractivity contribution in [1.82, 2.24) is 4.98 Å². The number of carbonyl (C=O) groups is 1. The minimum Gasteiger partial charge on any atom is -0.435 e. The molecule has 3 aromatic rings. The number of thiophene rings is 1. The summed E-state index contributed by atoms with van der Waals surface area (Å²) in [5, 5.41) is 7.05. The van der Waals surface area contributed by atoms with Crippen LogP contribution in [0.5, 0.6) is 5.75 Å². The molecule has 0 spiro atoms. The maximum Gasteiger partial charge on any atom is 0.387 e. The van der Waals surface area contributed by atoms with E-state index in [1.807, 2.05) is 22.9 Å². The van der Waals surface area contributed by atoms with Crippen molar-refractivity contribution in [1.29, 1.82) is 0 Å². The lowest BCUT2D eigenvalue weighted by Crippen LogP contribution is -2.07. The van der Waals surface area contributed by atoms with Crippen molar-refractivity contribution in [2.75, 3.05) is 5.32 Å². The Balaban J connectivity index is 1.58. The summed E-state index contributed by atoms with van der Waals surface area (Å²) in [5.41, 5.74) is 1.52. The molecule has 0 unspecified atom stereocenters. The molecule has 3 rings (SSSR count). The summed E-state index contributed by atoms with van der Waals surface area (Å²) in [7, 11) is 0. The number of halogens is 2. The average molecular weight is 378 g/mol. The fourth-order valence-electron chi connectivity index (χ4n) is 1.95. The van der Waals surface area contributed by atoms with Gasteiger partial charge in [0.2, 0.25) is 5.91 Å². The lowest BCUT2D eigenvalue weighted by molar-refractivity contribution is -0.111. The summed E-state index contributed by atoms with van der Waals surface area (Å²) < 4.78 is 28.4. The smallest absolute Gasteiger partial charge is 0.387 e. The predicted octanol–water partition coefficient (Wildman–Crippen LogP) is 5.12. The summed E-state index contributed by atoms with van der Waals surface area (Å²) in [5.74, 6) is -0.250. The van der Waals surface area contributed by atoms with E-state index >= 15 is 0 Å². The summed E-state index contributed by atoms with van der Waals surface area (Å²) in [6.07, 6.45) is 2.93. The van der Waals surface area contributed by atoms with Gasteiger partial charge in [0.25, 0.3) is 0 Å². The highest BCUT2D eigenvalue weighted by Crippen LogP contribution is 2.28. The number of carbonyl (C=O) groups excluding carboxylic acids is 1. The SMILES string of the molecule is O=C(C=Cc1ccc(OC(F)F)cc1)Nc1nc(-c2cccs2)cs1. The number of alkyl halides is 2. The first-order valence-electron chi connectivity index (χ1n) is 7.13. The zero-order valence-electron chi connectivity index (χ0n) is 12.7. The van der Waals surface area contributed by atoms with Crippen molar-refractivity contribution in [3.8, 4) is 16.3 Å². The van der Waals surface area contributed by atoms with Crippen LogP contribution in [0, 0.1) is 0 Å². The number of benzene rings is 1. The van der Waals surface area contributed by atoms with E-state index < -0.39 is 6.61 Å². The van der Waals surface area contributed by atoms with Crippen molar-refractivity contribution in [2.45, 2.75) is 6.61 Å². The van der Waals surface area contributed by atoms with Crippen LogP contribution in [0.25, 0.3) is 16.6 Å². The van der Waals surface area contributed by atoms with Crippen LogP contribution < -0.4 is 10.1 Å². The molecule has 0 radical (unpaired) electrons. The molecule has 1 amide bonds. The third-order valence-electron chi connectivity index (χ3n) is 3.04. The van der Waals surface area contributed by atoms with Gasteiger partial charge in [0, 0.05) is 11.5 Å². The highest BCUT2D eigenvalue weighted by atomic mass is 32.1. The first kappa shape index (κ1) is 17.2. The Kier molecular flexibility index (Phi) is 5.52. The molecule has 0 fully saturated rings. The molecule has 25 heavy (non-hydrogen) atoms. The Hall–Kier alpha value is -2.58. The number of hydrogen-bond acceptors (Lipinski definition) is 5. The molecule has 8 heteroatoms. The van der Waals surface area contributed by atoms with Crippen LogP contribution in [-0.4, -0.2) is 17.5 Å². The number of anilines is 1. The fraction of sp³-hybridized carbons (Fsp3) is 0.0588. The largest absolute Gasteiger partial charge is 0.435 e. The standard InChI is InChI=1S/C17H12F2N2O2S2/c18-16(19)23-12-6-3-11(4-7-12)5-8-15(22)21-17-20-13(10-25-17)14-2-1-9-24-14/h1-10,16H,(H,20,21,22). The molecule has 2 heterocycles. The summed E-state index contributed by atoms with van der Waals surface area (Å²) in [6.45, 7) is -2.86. The maximum atomic E-state index is 12.1. The van der Waals surface area contributed by atoms with Gasteiger partial charge in [-0.15, -0.1) is 22.7 Å². The van der Waals surface area contributed by atoms with Crippen LogP contribution in [0.15, 0.2) is 53.2 Å². The molecular weight excluding hydrogens is 366 g/mol. The molecule has 0 bridgehead atoms. The Morgan fingerprint density at radius 1 is 1.20 bits per heavy atom. The molecule has 0 aliphatic carbocycles. The van der Waals surface area contributed by atoms with Gasteiger partial charge in [0.1, 0.15) is 5.75 Å². The highest BCUT2D eigenvalue weighted by Gasteiger charge is 2.07. The number of nitrogens with one attached hydrogen (secondary N) is 1. The molecular formula is C17H12F2N2O2S2. The van der Waals surface area contributed by atoms with Crippen LogP contribution in [0.2, 0.25) is 0 Å². The van der Waals surface area contributed by atoms with E-state index in [1.54, 1.807) is 29.5 Å². The number of hydrogen-bond donors (Lipinski definition) is 1. The normalized spacial score (nSPS) is 11.2. The van der Waals surface area contributed by atoms with Crippen molar-refractivity contribution in [3.05, 3.63) is 58.8 Å². The molecule has 4 nitrogen and oxygen atoms in total. The zero-order chi connectivity index (χ0) is 17.6. The van der Waals surface area contributed by atoms with E-state index in [0.29, 0.717) is 10.7 Å². The first-order valence-corrected chi connectivity index (χ1v) is 8.89. The Morgan fingerprint density at radius 2 is 2.00 bits per heavy atom. The molecule has 0 aliphatic heterocycles. The van der Waals surface area contributed by atoms with Crippen LogP contribution in [0.3, 0.4) is 0 Å². The third-order valence-corrected chi connectivity index (χ3v) is 4.69. The number of ether oxygens (including phenoxy) is 1. The quantitative estimate of drug-likeness (QED) is 0.606. The van der Waals surface area contributed by atoms with Gasteiger partial charge >= 0.3 is 6.61 Å². The van der Waals surface area contributed by atoms with E-state index in [0.717, 1.165) is 10.6 Å². The molecule has 128 valence electrons. The number of nitrogens with zero attached hydrogens (tertiary/aromatic N) is 1. The van der Waals surface area contributed by atoms with Crippen LogP contribution >= 0.6 is 22.7 Å². The zero-order valence-corrected chi connectivity index (χ0v) is 14.3. The Morgan fingerprint density at radius 3 is 2.68 bits per heavy atom. The van der Waals surface area contributed by atoms with E-state index in [2.05, 4.69) is 15.0 Å². The van der Waals surface area contributed by atoms with Crippen LogP contribution in [-0.2, 0) is 4.79 Å². The minimum atomic E-state index is -2.86. The molecule has 0 aliphatic rings. The van der Waals surface area contributed by atoms with E-state index in [4.69, 9.17) is 0 Å². The molecule has 2 aromatic heterocycles. The van der Waals surface area contributed by atoms with Gasteiger partial charge in [-0.1, -0.05) is 18.2 Å². The minimum absolute atomic E-state index is 0.0699. The van der Waals surface area contributed by atoms with Gasteiger partial charge < -0.3 is 4.74 Å². The third kappa shape index (κ3) is 4.94. The molecule has 0 saturated heterocycles. The van der Waals surface area contributed by atoms with Crippen molar-refractivity contribution >= 4 is 39.8 Å². The van der Waals surface area contributed by atoms with Gasteiger partial charge in [-0.2, -0.15) is 8.78 Å². The topological polar surface area (TPSA) is 51.2 Å². The lowest BCUT2D eigenvalue weighted by Gasteiger charge is -2.03. The molecule has 0 atom stereocenters. The van der Waals surface area contributed by atoms with Crippen LogP contribution in [0.1, 0.15) is 5.56 Å². The Bertz CT molecular complexity index is 859. The number of thiazole rings is 1. The van der Waals surface area contributed by atoms with Crippen molar-refractivity contribution < 1.29 is 18.3 Å².